The molecule has 5 aliphatic rings. The van der Waals surface area contributed by atoms with Crippen molar-refractivity contribution in [3.05, 3.63) is 11.6 Å². The maximum atomic E-state index is 12.2. The maximum absolute atomic E-state index is 12.2. The molecule has 3 heterocycles. The van der Waals surface area contributed by atoms with Gasteiger partial charge in [-0.15, -0.1) is 0 Å². The molecule has 2 aromatic heterocycles. The van der Waals surface area contributed by atoms with Crippen LogP contribution in [0.2, 0.25) is 5.28 Å². The second-order valence-electron chi connectivity index (χ2n) is 13.4. The Morgan fingerprint density at radius 3 is 2.38 bits per heavy atom. The lowest BCUT2D eigenvalue weighted by Gasteiger charge is -2.65. The molecular formula is C24H36ClN5O8P2. The minimum absolute atomic E-state index is 0.0119. The molecule has 222 valence electrons. The minimum atomic E-state index is -4.70. The van der Waals surface area contributed by atoms with Gasteiger partial charge in [0.05, 0.1) is 12.4 Å². The monoisotopic (exact) mass is 619 g/mol. The van der Waals surface area contributed by atoms with E-state index >= 15 is 0 Å². The molecule has 1 saturated heterocycles. The Bertz CT molecular complexity index is 1420. The Labute approximate surface area is 236 Å². The molecule has 4 aliphatic carbocycles. The summed E-state index contributed by atoms with van der Waals surface area (Å²) in [5.74, 6) is -0.00112. The summed E-state index contributed by atoms with van der Waals surface area (Å²) in [7, 11) is -8.89. The zero-order valence-corrected chi connectivity index (χ0v) is 24.9. The van der Waals surface area contributed by atoms with E-state index in [0.29, 0.717) is 22.9 Å². The van der Waals surface area contributed by atoms with E-state index in [1.165, 1.54) is 30.2 Å². The first-order chi connectivity index (χ1) is 18.5. The number of nitrogens with zero attached hydrogens (tertiary/aromatic N) is 4. The van der Waals surface area contributed by atoms with Crippen molar-refractivity contribution >= 4 is 43.5 Å². The zero-order chi connectivity index (χ0) is 28.9. The number of imidazole rings is 1. The van der Waals surface area contributed by atoms with Gasteiger partial charge in [-0.3, -0.25) is 13.7 Å². The summed E-state index contributed by atoms with van der Waals surface area (Å²) in [6.07, 6.45) is 2.55. The summed E-state index contributed by atoms with van der Waals surface area (Å²) in [5.41, 5.74) is 1.16. The highest BCUT2D eigenvalue weighted by atomic mass is 35.5. The van der Waals surface area contributed by atoms with E-state index in [1.54, 1.807) is 0 Å². The molecule has 4 saturated carbocycles. The number of rotatable bonds is 8. The van der Waals surface area contributed by atoms with Crippen LogP contribution in [0.4, 0.5) is 5.82 Å². The maximum Gasteiger partial charge on any atom is 0.335 e. The average Bonchev–Trinajstić information content (AvgIpc) is 3.29. The molecule has 1 aliphatic heterocycles. The van der Waals surface area contributed by atoms with Crippen molar-refractivity contribution in [3.8, 4) is 0 Å². The van der Waals surface area contributed by atoms with Crippen molar-refractivity contribution in [1.29, 1.82) is 0 Å². The van der Waals surface area contributed by atoms with E-state index in [9.17, 15) is 24.2 Å². The van der Waals surface area contributed by atoms with E-state index in [-0.39, 0.29) is 28.1 Å². The molecule has 5 unspecified atom stereocenters. The van der Waals surface area contributed by atoms with Gasteiger partial charge in [0.15, 0.2) is 23.2 Å². The van der Waals surface area contributed by atoms with Gasteiger partial charge in [-0.1, -0.05) is 13.8 Å². The average molecular weight is 620 g/mol. The number of halogens is 1. The lowest BCUT2D eigenvalue weighted by atomic mass is 9.43. The summed E-state index contributed by atoms with van der Waals surface area (Å²) >= 11 is 6.37. The van der Waals surface area contributed by atoms with E-state index in [1.807, 2.05) is 0 Å². The quantitative estimate of drug-likeness (QED) is 0.187. The van der Waals surface area contributed by atoms with Crippen LogP contribution in [0.15, 0.2) is 6.33 Å². The molecule has 7 rings (SSSR count). The van der Waals surface area contributed by atoms with Gasteiger partial charge in [0.1, 0.15) is 18.1 Å². The number of fused-ring (bicyclic) bond motifs is 1. The molecule has 0 radical (unpaired) electrons. The largest absolute Gasteiger partial charge is 0.388 e. The van der Waals surface area contributed by atoms with Gasteiger partial charge in [-0.2, -0.15) is 9.97 Å². The Balaban J connectivity index is 1.25. The van der Waals surface area contributed by atoms with Crippen molar-refractivity contribution in [2.45, 2.75) is 88.9 Å². The molecule has 5 fully saturated rings. The third kappa shape index (κ3) is 5.38. The van der Waals surface area contributed by atoms with Crippen LogP contribution < -0.4 is 5.32 Å². The highest BCUT2D eigenvalue weighted by Crippen LogP contribution is 2.67. The van der Waals surface area contributed by atoms with Gasteiger partial charge in [0.25, 0.3) is 0 Å². The molecule has 6 N–H and O–H groups in total. The molecule has 13 nitrogen and oxygen atoms in total. The summed E-state index contributed by atoms with van der Waals surface area (Å²) in [6, 6.07) is 0. The minimum Gasteiger partial charge on any atom is -0.388 e. The second kappa shape index (κ2) is 9.43. The van der Waals surface area contributed by atoms with Crippen molar-refractivity contribution in [3.63, 3.8) is 0 Å². The zero-order valence-electron chi connectivity index (χ0n) is 22.4. The topological polar surface area (TPSA) is 200 Å². The van der Waals surface area contributed by atoms with E-state index in [0.717, 1.165) is 19.3 Å². The molecule has 0 amide bonds. The number of aromatic nitrogens is 4. The molecule has 2 aromatic rings. The van der Waals surface area contributed by atoms with Crippen LogP contribution in [-0.4, -0.2) is 80.3 Å². The third-order valence-electron chi connectivity index (χ3n) is 9.18. The number of aliphatic hydroxyl groups excluding tert-OH is 2. The number of hydrogen-bond donors (Lipinski definition) is 6. The van der Waals surface area contributed by atoms with Gasteiger partial charge in [-0.25, -0.2) is 4.98 Å². The molecule has 0 aromatic carbocycles. The normalized spacial score (nSPS) is 40.5. The SMILES string of the molecule is C[C@]12C[C@@H]3C[C@](C)(C1)C[C@@](Nc1nc(Cl)nc4c1ncn4C1OC(CCP(=O)(O)CP(=O)(O)O)C(O)C1O)(C3)C2. The Kier molecular flexibility index (Phi) is 6.83. The van der Waals surface area contributed by atoms with Crippen molar-refractivity contribution in [1.82, 2.24) is 19.5 Å². The van der Waals surface area contributed by atoms with E-state index in [4.69, 9.17) is 26.1 Å². The first-order valence-corrected chi connectivity index (χ1v) is 17.7. The fourth-order valence-electron chi connectivity index (χ4n) is 8.89. The highest BCUT2D eigenvalue weighted by molar-refractivity contribution is 7.72. The molecule has 40 heavy (non-hydrogen) atoms. The Morgan fingerprint density at radius 2 is 1.75 bits per heavy atom. The number of ether oxygens (including phenoxy) is 1. The standard InChI is InChI=1S/C24H36ClN5O8P2/c1-22-5-13-6-23(2,8-22)10-24(7-13,9-22)29-18-15-19(28-21(25)27-18)30(11-26-15)20-17(32)16(31)14(38-20)3-4-39(33,34)12-40(35,36)37/h11,13-14,16-17,20,31-32H,3-10,12H2,1-2H3,(H,33,34)(H,27,28,29)(H2,35,36,37)/t13-,14?,16?,17?,20?,22+,23-,24-. The molecule has 0 spiro atoms. The number of aliphatic hydroxyl groups is 2. The predicted octanol–water partition coefficient (Wildman–Crippen LogP) is 3.06. The Morgan fingerprint density at radius 1 is 1.07 bits per heavy atom. The van der Waals surface area contributed by atoms with Gasteiger partial charge >= 0.3 is 7.60 Å². The van der Waals surface area contributed by atoms with Crippen LogP contribution in [0, 0.1) is 16.7 Å². The van der Waals surface area contributed by atoms with Crippen molar-refractivity contribution in [2.24, 2.45) is 16.7 Å². The van der Waals surface area contributed by atoms with Crippen molar-refractivity contribution < 1.29 is 38.8 Å². The summed E-state index contributed by atoms with van der Waals surface area (Å²) in [5, 5.41) is 25.1. The molecular weight excluding hydrogens is 584 g/mol. The van der Waals surface area contributed by atoms with E-state index in [2.05, 4.69) is 34.1 Å². The van der Waals surface area contributed by atoms with Gasteiger partial charge in [0, 0.05) is 11.7 Å². The molecule has 9 atom stereocenters. The smallest absolute Gasteiger partial charge is 0.335 e. The fraction of sp³-hybridized carbons (Fsp3) is 0.792. The Hall–Kier alpha value is -1.14. The van der Waals surface area contributed by atoms with Crippen LogP contribution in [0.3, 0.4) is 0 Å². The fourth-order valence-corrected chi connectivity index (χ4v) is 12.6. The lowest BCUT2D eigenvalue weighted by molar-refractivity contribution is -0.0973. The first kappa shape index (κ1) is 29.0. The molecule has 16 heteroatoms. The van der Waals surface area contributed by atoms with Gasteiger partial charge in [-0.05, 0) is 73.3 Å². The second-order valence-corrected chi connectivity index (χ2v) is 18.4. The number of hydrogen-bond acceptors (Lipinski definition) is 9. The lowest BCUT2D eigenvalue weighted by Crippen LogP contribution is -2.61. The van der Waals surface area contributed by atoms with E-state index < -0.39 is 51.6 Å². The first-order valence-electron chi connectivity index (χ1n) is 13.5. The summed E-state index contributed by atoms with van der Waals surface area (Å²) < 4.78 is 30.8. The summed E-state index contributed by atoms with van der Waals surface area (Å²) in [4.78, 5) is 41.5. The number of anilines is 1. The van der Waals surface area contributed by atoms with Crippen LogP contribution in [0.25, 0.3) is 11.2 Å². The van der Waals surface area contributed by atoms with Gasteiger partial charge < -0.3 is 34.9 Å². The predicted molar refractivity (Wildman–Crippen MR) is 146 cm³/mol. The van der Waals surface area contributed by atoms with Crippen LogP contribution >= 0.6 is 26.6 Å². The molecule has 4 bridgehead atoms. The van der Waals surface area contributed by atoms with Gasteiger partial charge in [0.2, 0.25) is 12.7 Å². The van der Waals surface area contributed by atoms with Crippen LogP contribution in [-0.2, 0) is 13.9 Å². The van der Waals surface area contributed by atoms with Crippen LogP contribution in [0.5, 0.6) is 0 Å². The third-order valence-corrected chi connectivity index (χ3v) is 13.6. The highest BCUT2D eigenvalue weighted by Gasteiger charge is 2.60. The number of nitrogens with one attached hydrogen (secondary N) is 1. The summed E-state index contributed by atoms with van der Waals surface area (Å²) in [6.45, 7) is 4.76. The van der Waals surface area contributed by atoms with Crippen molar-refractivity contribution in [2.75, 3.05) is 17.4 Å². The van der Waals surface area contributed by atoms with Crippen LogP contribution in [0.1, 0.15) is 65.0 Å².